The molecule has 1 aromatic heterocycles. The standard InChI is InChI=1S/C24H26N2O4/c1-16(27)23(25-18(3)28)15-19-9-11-21(12-10-19)29-14-13-22-17(2)30-24(26-22)20-7-5-4-6-8-20/h4-12,23H,13-15H2,1-3H3,(H,25,28). The van der Waals surface area contributed by atoms with E-state index in [0.717, 1.165) is 28.3 Å². The van der Waals surface area contributed by atoms with Crippen molar-refractivity contribution >= 4 is 11.7 Å². The SMILES string of the molecule is CC(=O)NC(Cc1ccc(OCCc2nc(-c3ccccc3)oc2C)cc1)C(C)=O. The summed E-state index contributed by atoms with van der Waals surface area (Å²) < 4.78 is 11.6. The monoisotopic (exact) mass is 406 g/mol. The van der Waals surface area contributed by atoms with Gasteiger partial charge in [0.1, 0.15) is 11.5 Å². The number of benzene rings is 2. The Hall–Kier alpha value is -3.41. The van der Waals surface area contributed by atoms with E-state index in [1.807, 2.05) is 61.5 Å². The minimum Gasteiger partial charge on any atom is -0.493 e. The summed E-state index contributed by atoms with van der Waals surface area (Å²) in [5, 5.41) is 2.68. The van der Waals surface area contributed by atoms with Crippen LogP contribution in [0.2, 0.25) is 0 Å². The Morgan fingerprint density at radius 3 is 2.40 bits per heavy atom. The van der Waals surface area contributed by atoms with Gasteiger partial charge in [0.15, 0.2) is 5.78 Å². The van der Waals surface area contributed by atoms with Crippen molar-refractivity contribution in [2.75, 3.05) is 6.61 Å². The van der Waals surface area contributed by atoms with Crippen molar-refractivity contribution < 1.29 is 18.7 Å². The van der Waals surface area contributed by atoms with Crippen LogP contribution >= 0.6 is 0 Å². The number of carbonyl (C=O) groups is 2. The summed E-state index contributed by atoms with van der Waals surface area (Å²) in [5.74, 6) is 1.87. The summed E-state index contributed by atoms with van der Waals surface area (Å²) in [7, 11) is 0. The predicted octanol–water partition coefficient (Wildman–Crippen LogP) is 3.91. The number of rotatable bonds is 9. The van der Waals surface area contributed by atoms with Crippen LogP contribution in [-0.2, 0) is 22.4 Å². The minimum absolute atomic E-state index is 0.0663. The maximum absolute atomic E-state index is 11.7. The first-order valence-corrected chi connectivity index (χ1v) is 9.93. The third-order valence-corrected chi connectivity index (χ3v) is 4.75. The number of aromatic nitrogens is 1. The Morgan fingerprint density at radius 1 is 1.07 bits per heavy atom. The number of hydrogen-bond donors (Lipinski definition) is 1. The molecule has 0 saturated carbocycles. The molecule has 0 aliphatic carbocycles. The number of ketones is 1. The molecule has 156 valence electrons. The maximum atomic E-state index is 11.7. The van der Waals surface area contributed by atoms with Gasteiger partial charge < -0.3 is 14.5 Å². The zero-order chi connectivity index (χ0) is 21.5. The number of aryl methyl sites for hydroxylation is 1. The third-order valence-electron chi connectivity index (χ3n) is 4.75. The van der Waals surface area contributed by atoms with Crippen molar-refractivity contribution in [3.05, 3.63) is 71.6 Å². The van der Waals surface area contributed by atoms with E-state index in [0.29, 0.717) is 25.3 Å². The van der Waals surface area contributed by atoms with Gasteiger partial charge in [0.2, 0.25) is 11.8 Å². The molecule has 0 fully saturated rings. The van der Waals surface area contributed by atoms with Crippen LogP contribution in [0.1, 0.15) is 30.9 Å². The second kappa shape index (κ2) is 9.87. The van der Waals surface area contributed by atoms with E-state index in [1.54, 1.807) is 0 Å². The fraction of sp³-hybridized carbons (Fsp3) is 0.292. The molecule has 0 bridgehead atoms. The van der Waals surface area contributed by atoms with Crippen molar-refractivity contribution in [3.8, 4) is 17.2 Å². The van der Waals surface area contributed by atoms with E-state index in [1.165, 1.54) is 13.8 Å². The number of nitrogens with one attached hydrogen (secondary N) is 1. The lowest BCUT2D eigenvalue weighted by atomic mass is 10.0. The minimum atomic E-state index is -0.511. The average Bonchev–Trinajstić information content (AvgIpc) is 3.10. The fourth-order valence-electron chi connectivity index (χ4n) is 3.13. The zero-order valence-corrected chi connectivity index (χ0v) is 17.5. The second-order valence-corrected chi connectivity index (χ2v) is 7.20. The smallest absolute Gasteiger partial charge is 0.226 e. The molecule has 30 heavy (non-hydrogen) atoms. The molecule has 2 aromatic carbocycles. The summed E-state index contributed by atoms with van der Waals surface area (Å²) in [5.41, 5.74) is 2.78. The molecular weight excluding hydrogens is 380 g/mol. The normalized spacial score (nSPS) is 11.7. The molecule has 0 saturated heterocycles. The molecule has 1 amide bonds. The number of nitrogens with zero attached hydrogens (tertiary/aromatic N) is 1. The summed E-state index contributed by atoms with van der Waals surface area (Å²) in [6.45, 7) is 5.27. The Bertz CT molecular complexity index is 994. The van der Waals surface area contributed by atoms with Gasteiger partial charge in [0.25, 0.3) is 0 Å². The molecule has 6 heteroatoms. The van der Waals surface area contributed by atoms with Gasteiger partial charge >= 0.3 is 0 Å². The Kier molecular flexibility index (Phi) is 7.01. The molecule has 3 aromatic rings. The maximum Gasteiger partial charge on any atom is 0.226 e. The molecule has 1 N–H and O–H groups in total. The number of ether oxygens (including phenoxy) is 1. The molecule has 6 nitrogen and oxygen atoms in total. The van der Waals surface area contributed by atoms with E-state index in [2.05, 4.69) is 10.3 Å². The highest BCUT2D eigenvalue weighted by molar-refractivity contribution is 5.86. The van der Waals surface area contributed by atoms with Crippen LogP contribution in [0.3, 0.4) is 0 Å². The van der Waals surface area contributed by atoms with Crippen molar-refractivity contribution in [2.45, 2.75) is 39.7 Å². The topological polar surface area (TPSA) is 81.4 Å². The molecule has 0 aliphatic rings. The molecular formula is C24H26N2O4. The van der Waals surface area contributed by atoms with Crippen LogP contribution in [0.4, 0.5) is 0 Å². The molecule has 0 radical (unpaired) electrons. The van der Waals surface area contributed by atoms with Gasteiger partial charge in [0, 0.05) is 18.9 Å². The first-order chi connectivity index (χ1) is 14.4. The largest absolute Gasteiger partial charge is 0.493 e. The lowest BCUT2D eigenvalue weighted by Gasteiger charge is -2.15. The van der Waals surface area contributed by atoms with Crippen LogP contribution in [0.5, 0.6) is 5.75 Å². The van der Waals surface area contributed by atoms with E-state index in [9.17, 15) is 9.59 Å². The fourth-order valence-corrected chi connectivity index (χ4v) is 3.13. The zero-order valence-electron chi connectivity index (χ0n) is 17.5. The van der Waals surface area contributed by atoms with Gasteiger partial charge in [-0.05, 0) is 50.1 Å². The predicted molar refractivity (Wildman–Crippen MR) is 114 cm³/mol. The van der Waals surface area contributed by atoms with E-state index in [4.69, 9.17) is 9.15 Å². The summed E-state index contributed by atoms with van der Waals surface area (Å²) in [6, 6.07) is 16.8. The molecule has 0 spiro atoms. The van der Waals surface area contributed by atoms with Gasteiger partial charge in [-0.3, -0.25) is 9.59 Å². The van der Waals surface area contributed by atoms with Crippen molar-refractivity contribution in [1.82, 2.24) is 10.3 Å². The quantitative estimate of drug-likeness (QED) is 0.583. The van der Waals surface area contributed by atoms with Gasteiger partial charge in [-0.2, -0.15) is 0 Å². The summed E-state index contributed by atoms with van der Waals surface area (Å²) in [6.07, 6.45) is 1.09. The van der Waals surface area contributed by atoms with Gasteiger partial charge in [-0.15, -0.1) is 0 Å². The summed E-state index contributed by atoms with van der Waals surface area (Å²) in [4.78, 5) is 27.5. The number of amides is 1. The van der Waals surface area contributed by atoms with Gasteiger partial charge in [0.05, 0.1) is 18.3 Å². The third kappa shape index (κ3) is 5.80. The number of Topliss-reactive ketones (excluding diaryl/α,β-unsaturated/α-hetero) is 1. The molecule has 1 atom stereocenters. The first-order valence-electron chi connectivity index (χ1n) is 9.93. The van der Waals surface area contributed by atoms with E-state index in [-0.39, 0.29) is 11.7 Å². The van der Waals surface area contributed by atoms with Crippen LogP contribution < -0.4 is 10.1 Å². The van der Waals surface area contributed by atoms with Crippen LogP contribution in [0.15, 0.2) is 59.0 Å². The lowest BCUT2D eigenvalue weighted by Crippen LogP contribution is -2.40. The highest BCUT2D eigenvalue weighted by Crippen LogP contribution is 2.22. The highest BCUT2D eigenvalue weighted by Gasteiger charge is 2.16. The van der Waals surface area contributed by atoms with Crippen LogP contribution in [-0.4, -0.2) is 29.3 Å². The molecule has 3 rings (SSSR count). The number of oxazole rings is 1. The van der Waals surface area contributed by atoms with Crippen molar-refractivity contribution in [3.63, 3.8) is 0 Å². The highest BCUT2D eigenvalue weighted by atomic mass is 16.5. The van der Waals surface area contributed by atoms with E-state index < -0.39 is 6.04 Å². The Labute approximate surface area is 176 Å². The number of hydrogen-bond acceptors (Lipinski definition) is 5. The Morgan fingerprint density at radius 2 is 1.77 bits per heavy atom. The van der Waals surface area contributed by atoms with Crippen molar-refractivity contribution in [1.29, 1.82) is 0 Å². The summed E-state index contributed by atoms with van der Waals surface area (Å²) >= 11 is 0. The lowest BCUT2D eigenvalue weighted by molar-refractivity contribution is -0.125. The second-order valence-electron chi connectivity index (χ2n) is 7.20. The number of carbonyl (C=O) groups excluding carboxylic acids is 2. The van der Waals surface area contributed by atoms with Crippen LogP contribution in [0, 0.1) is 6.92 Å². The average molecular weight is 406 g/mol. The van der Waals surface area contributed by atoms with Crippen molar-refractivity contribution in [2.24, 2.45) is 0 Å². The molecule has 0 aliphatic heterocycles. The molecule has 1 unspecified atom stereocenters. The van der Waals surface area contributed by atoms with Gasteiger partial charge in [-0.25, -0.2) is 4.98 Å². The first kappa shape index (κ1) is 21.3. The molecule has 1 heterocycles. The van der Waals surface area contributed by atoms with Gasteiger partial charge in [-0.1, -0.05) is 30.3 Å². The van der Waals surface area contributed by atoms with E-state index >= 15 is 0 Å². The van der Waals surface area contributed by atoms with Crippen LogP contribution in [0.25, 0.3) is 11.5 Å². The Balaban J connectivity index is 1.54.